The normalized spacial score (nSPS) is 17.2. The number of phenols is 1. The minimum atomic E-state index is -0.587. The van der Waals surface area contributed by atoms with Gasteiger partial charge in [-0.2, -0.15) is 0 Å². The highest BCUT2D eigenvalue weighted by molar-refractivity contribution is 5.98. The van der Waals surface area contributed by atoms with E-state index >= 15 is 0 Å². The molecule has 0 saturated carbocycles. The second-order valence-corrected chi connectivity index (χ2v) is 4.90. The van der Waals surface area contributed by atoms with Crippen molar-refractivity contribution >= 4 is 24.3 Å². The highest BCUT2D eigenvalue weighted by Gasteiger charge is 2.26. The smallest absolute Gasteiger partial charge is 0.338 e. The van der Waals surface area contributed by atoms with Gasteiger partial charge in [-0.3, -0.25) is 4.79 Å². The van der Waals surface area contributed by atoms with Gasteiger partial charge in [-0.1, -0.05) is 0 Å². The molecule has 3 N–H and O–H groups in total. The fourth-order valence-corrected chi connectivity index (χ4v) is 2.36. The summed E-state index contributed by atoms with van der Waals surface area (Å²) in [6, 6.07) is 4.06. The summed E-state index contributed by atoms with van der Waals surface area (Å²) in [7, 11) is 1.25. The summed E-state index contributed by atoms with van der Waals surface area (Å²) < 4.78 is 4.59. The number of amides is 1. The van der Waals surface area contributed by atoms with E-state index in [0.29, 0.717) is 25.6 Å². The number of likely N-dealkylation sites (tertiary alicyclic amines) is 1. The number of nitrogens with two attached hydrogens (primary N) is 1. The average Bonchev–Trinajstić information content (AvgIpc) is 2.93. The first-order valence-corrected chi connectivity index (χ1v) is 6.47. The summed E-state index contributed by atoms with van der Waals surface area (Å²) in [6.07, 6.45) is 0.880. The van der Waals surface area contributed by atoms with Crippen LogP contribution in [0.15, 0.2) is 18.2 Å². The number of hydrogen-bond acceptors (Lipinski definition) is 5. The van der Waals surface area contributed by atoms with Gasteiger partial charge in [0.05, 0.1) is 12.7 Å². The number of methoxy groups -OCH3 is 1. The largest absolute Gasteiger partial charge is 0.508 e. The SMILES string of the molecule is COC(=O)c1cc(O)cc(C(=O)N2CCC(CN)C2)c1.Cl. The Bertz CT molecular complexity index is 536. The Morgan fingerprint density at radius 3 is 2.62 bits per heavy atom. The predicted molar refractivity (Wildman–Crippen MR) is 79.8 cm³/mol. The first-order valence-electron chi connectivity index (χ1n) is 6.47. The summed E-state index contributed by atoms with van der Waals surface area (Å²) in [5, 5.41) is 9.63. The van der Waals surface area contributed by atoms with E-state index in [4.69, 9.17) is 5.73 Å². The van der Waals surface area contributed by atoms with E-state index in [1.165, 1.54) is 25.3 Å². The lowest BCUT2D eigenvalue weighted by Gasteiger charge is -2.16. The number of carbonyl (C=O) groups excluding carboxylic acids is 2. The summed E-state index contributed by atoms with van der Waals surface area (Å²) >= 11 is 0. The predicted octanol–water partition coefficient (Wildman–Crippen LogP) is 1.02. The lowest BCUT2D eigenvalue weighted by Crippen LogP contribution is -2.30. The summed E-state index contributed by atoms with van der Waals surface area (Å²) in [4.78, 5) is 25.5. The van der Waals surface area contributed by atoms with Gasteiger partial charge in [0, 0.05) is 18.7 Å². The Kier molecular flexibility index (Phi) is 5.99. The van der Waals surface area contributed by atoms with Crippen LogP contribution in [-0.4, -0.2) is 48.6 Å². The molecule has 1 fully saturated rings. The van der Waals surface area contributed by atoms with Crippen molar-refractivity contribution in [2.45, 2.75) is 6.42 Å². The minimum Gasteiger partial charge on any atom is -0.508 e. The van der Waals surface area contributed by atoms with Crippen LogP contribution in [0.25, 0.3) is 0 Å². The topological polar surface area (TPSA) is 92.9 Å². The van der Waals surface area contributed by atoms with Crippen LogP contribution in [0, 0.1) is 5.92 Å². The van der Waals surface area contributed by atoms with Crippen molar-refractivity contribution in [1.82, 2.24) is 4.90 Å². The van der Waals surface area contributed by atoms with Gasteiger partial charge >= 0.3 is 5.97 Å². The molecule has 0 radical (unpaired) electrons. The lowest BCUT2D eigenvalue weighted by molar-refractivity contribution is 0.0600. The van der Waals surface area contributed by atoms with Crippen LogP contribution in [-0.2, 0) is 4.74 Å². The molecule has 2 rings (SSSR count). The van der Waals surface area contributed by atoms with Gasteiger partial charge in [0.1, 0.15) is 5.75 Å². The molecule has 1 aromatic carbocycles. The molecule has 21 heavy (non-hydrogen) atoms. The number of rotatable bonds is 3. The molecule has 1 aliphatic rings. The summed E-state index contributed by atoms with van der Waals surface area (Å²) in [5.41, 5.74) is 6.04. The van der Waals surface area contributed by atoms with Gasteiger partial charge in [0.25, 0.3) is 5.91 Å². The third kappa shape index (κ3) is 3.86. The van der Waals surface area contributed by atoms with Crippen molar-refractivity contribution in [2.75, 3.05) is 26.7 Å². The molecule has 0 aliphatic carbocycles. The molecule has 1 amide bonds. The van der Waals surface area contributed by atoms with Crippen LogP contribution < -0.4 is 5.73 Å². The van der Waals surface area contributed by atoms with Crippen molar-refractivity contribution in [3.05, 3.63) is 29.3 Å². The molecule has 0 spiro atoms. The van der Waals surface area contributed by atoms with Gasteiger partial charge in [-0.05, 0) is 37.1 Å². The highest BCUT2D eigenvalue weighted by Crippen LogP contribution is 2.21. The zero-order valence-electron chi connectivity index (χ0n) is 11.7. The van der Waals surface area contributed by atoms with Crippen LogP contribution in [0.5, 0.6) is 5.75 Å². The van der Waals surface area contributed by atoms with Crippen molar-refractivity contribution < 1.29 is 19.4 Å². The molecule has 1 atom stereocenters. The maximum absolute atomic E-state index is 12.3. The highest BCUT2D eigenvalue weighted by atomic mass is 35.5. The maximum atomic E-state index is 12.3. The number of benzene rings is 1. The monoisotopic (exact) mass is 314 g/mol. The number of phenolic OH excluding ortho intramolecular Hbond substituents is 1. The van der Waals surface area contributed by atoms with Crippen LogP contribution >= 0.6 is 12.4 Å². The van der Waals surface area contributed by atoms with Crippen molar-refractivity contribution in [1.29, 1.82) is 0 Å². The van der Waals surface area contributed by atoms with E-state index in [-0.39, 0.29) is 35.2 Å². The first-order chi connectivity index (χ1) is 9.55. The van der Waals surface area contributed by atoms with E-state index in [9.17, 15) is 14.7 Å². The third-order valence-corrected chi connectivity index (χ3v) is 3.49. The number of aromatic hydroxyl groups is 1. The summed E-state index contributed by atoms with van der Waals surface area (Å²) in [5.74, 6) is -0.611. The van der Waals surface area contributed by atoms with E-state index in [0.717, 1.165) is 6.42 Å². The standard InChI is InChI=1S/C14H18N2O4.ClH/c1-20-14(19)11-4-10(5-12(17)6-11)13(18)16-3-2-9(7-15)8-16;/h4-6,9,17H,2-3,7-8,15H2,1H3;1H. The number of nitrogens with zero attached hydrogens (tertiary/aromatic N) is 1. The van der Waals surface area contributed by atoms with Crippen molar-refractivity contribution in [3.8, 4) is 5.75 Å². The molecule has 1 aromatic rings. The van der Waals surface area contributed by atoms with E-state index in [1.54, 1.807) is 4.90 Å². The molecule has 1 aliphatic heterocycles. The third-order valence-electron chi connectivity index (χ3n) is 3.49. The van der Waals surface area contributed by atoms with Crippen molar-refractivity contribution in [3.63, 3.8) is 0 Å². The van der Waals surface area contributed by atoms with Gasteiger partial charge in [-0.15, -0.1) is 12.4 Å². The zero-order chi connectivity index (χ0) is 14.7. The van der Waals surface area contributed by atoms with E-state index < -0.39 is 5.97 Å². The van der Waals surface area contributed by atoms with Crippen LogP contribution in [0.3, 0.4) is 0 Å². The maximum Gasteiger partial charge on any atom is 0.338 e. The number of ether oxygens (including phenoxy) is 1. The van der Waals surface area contributed by atoms with Crippen molar-refractivity contribution in [2.24, 2.45) is 11.7 Å². The Hall–Kier alpha value is -1.79. The fraction of sp³-hybridized carbons (Fsp3) is 0.429. The Labute approximate surface area is 129 Å². The lowest BCUT2D eigenvalue weighted by atomic mass is 10.1. The van der Waals surface area contributed by atoms with E-state index in [1.807, 2.05) is 0 Å². The Morgan fingerprint density at radius 1 is 1.38 bits per heavy atom. The molecular formula is C14H19ClN2O4. The second-order valence-electron chi connectivity index (χ2n) is 4.90. The van der Waals surface area contributed by atoms with Crippen LogP contribution in [0.4, 0.5) is 0 Å². The minimum absolute atomic E-state index is 0. The molecule has 0 bridgehead atoms. The molecule has 0 aromatic heterocycles. The Balaban J connectivity index is 0.00000220. The fourth-order valence-electron chi connectivity index (χ4n) is 2.36. The molecule has 1 heterocycles. The van der Waals surface area contributed by atoms with Crippen LogP contribution in [0.2, 0.25) is 0 Å². The molecule has 7 heteroatoms. The molecule has 1 unspecified atom stereocenters. The number of hydrogen-bond donors (Lipinski definition) is 2. The van der Waals surface area contributed by atoms with Gasteiger partial charge in [0.2, 0.25) is 0 Å². The number of carbonyl (C=O) groups is 2. The first kappa shape index (κ1) is 17.3. The van der Waals surface area contributed by atoms with Gasteiger partial charge in [-0.25, -0.2) is 4.79 Å². The molecule has 1 saturated heterocycles. The zero-order valence-corrected chi connectivity index (χ0v) is 12.6. The second kappa shape index (κ2) is 7.28. The van der Waals surface area contributed by atoms with Gasteiger partial charge < -0.3 is 20.5 Å². The Morgan fingerprint density at radius 2 is 2.05 bits per heavy atom. The quantitative estimate of drug-likeness (QED) is 0.813. The molecule has 6 nitrogen and oxygen atoms in total. The summed E-state index contributed by atoms with van der Waals surface area (Å²) in [6.45, 7) is 1.81. The molecule has 116 valence electrons. The van der Waals surface area contributed by atoms with Gasteiger partial charge in [0.15, 0.2) is 0 Å². The van der Waals surface area contributed by atoms with E-state index in [2.05, 4.69) is 4.74 Å². The number of esters is 1. The average molecular weight is 315 g/mol. The van der Waals surface area contributed by atoms with Crippen LogP contribution in [0.1, 0.15) is 27.1 Å². The number of halogens is 1. The molecular weight excluding hydrogens is 296 g/mol.